The Morgan fingerprint density at radius 2 is 1.96 bits per heavy atom. The van der Waals surface area contributed by atoms with Gasteiger partial charge in [-0.3, -0.25) is 4.90 Å². The molecule has 1 fully saturated rings. The minimum absolute atomic E-state index is 0.00983. The molecule has 1 aromatic heterocycles. The van der Waals surface area contributed by atoms with Crippen molar-refractivity contribution < 1.29 is 4.79 Å². The number of hydrogen-bond donors (Lipinski definition) is 2. The number of rotatable bonds is 3. The maximum absolute atomic E-state index is 12.5. The van der Waals surface area contributed by atoms with E-state index in [0.29, 0.717) is 12.6 Å². The second kappa shape index (κ2) is 7.50. The first-order valence-electron chi connectivity index (χ1n) is 9.53. The van der Waals surface area contributed by atoms with E-state index in [-0.39, 0.29) is 6.03 Å². The number of aromatic amines is 1. The third kappa shape index (κ3) is 3.75. The van der Waals surface area contributed by atoms with Crippen LogP contribution in [0.5, 0.6) is 0 Å². The zero-order chi connectivity index (χ0) is 17.9. The fourth-order valence-corrected chi connectivity index (χ4v) is 4.13. The van der Waals surface area contributed by atoms with Crippen LogP contribution in [-0.2, 0) is 19.4 Å². The van der Waals surface area contributed by atoms with Crippen LogP contribution in [0.15, 0.2) is 30.5 Å². The van der Waals surface area contributed by atoms with Crippen LogP contribution in [-0.4, -0.2) is 58.0 Å². The Bertz CT molecular complexity index is 746. The van der Waals surface area contributed by atoms with Crippen molar-refractivity contribution >= 4 is 6.03 Å². The summed E-state index contributed by atoms with van der Waals surface area (Å²) in [5, 5.41) is 2.98. The molecule has 2 heterocycles. The third-order valence-corrected chi connectivity index (χ3v) is 5.53. The van der Waals surface area contributed by atoms with E-state index >= 15 is 0 Å². The number of urea groups is 1. The number of fused-ring (bicyclic) bond motifs is 1. The molecule has 0 atom stereocenters. The summed E-state index contributed by atoms with van der Waals surface area (Å²) in [4.78, 5) is 24.4. The maximum atomic E-state index is 12.5. The fraction of sp³-hybridized carbons (Fsp3) is 0.500. The SMILES string of the molecule is Cc1cnc(CNC(=O)N2CCCN(C3Cc4ccccc4C3)CC2)[nH]1. The minimum Gasteiger partial charge on any atom is -0.345 e. The van der Waals surface area contributed by atoms with E-state index in [1.165, 1.54) is 11.1 Å². The average Bonchev–Trinajstić information content (AvgIpc) is 3.18. The minimum atomic E-state index is 0.00983. The van der Waals surface area contributed by atoms with Crippen LogP contribution in [0.2, 0.25) is 0 Å². The summed E-state index contributed by atoms with van der Waals surface area (Å²) in [6.45, 7) is 6.04. The van der Waals surface area contributed by atoms with Gasteiger partial charge in [-0.1, -0.05) is 24.3 Å². The second-order valence-corrected chi connectivity index (χ2v) is 7.38. The normalized spacial score (nSPS) is 18.6. The molecule has 0 spiro atoms. The molecule has 6 nitrogen and oxygen atoms in total. The first-order valence-corrected chi connectivity index (χ1v) is 9.53. The molecule has 1 aromatic carbocycles. The summed E-state index contributed by atoms with van der Waals surface area (Å²) in [7, 11) is 0. The van der Waals surface area contributed by atoms with Crippen molar-refractivity contribution in [2.75, 3.05) is 26.2 Å². The predicted molar refractivity (Wildman–Crippen MR) is 101 cm³/mol. The number of hydrogen-bond acceptors (Lipinski definition) is 3. The van der Waals surface area contributed by atoms with Crippen LogP contribution in [0, 0.1) is 6.92 Å². The summed E-state index contributed by atoms with van der Waals surface area (Å²) < 4.78 is 0. The van der Waals surface area contributed by atoms with Crippen molar-refractivity contribution in [3.05, 3.63) is 53.1 Å². The Morgan fingerprint density at radius 3 is 2.65 bits per heavy atom. The van der Waals surface area contributed by atoms with Crippen molar-refractivity contribution in [1.82, 2.24) is 25.1 Å². The first-order chi connectivity index (χ1) is 12.7. The highest BCUT2D eigenvalue weighted by atomic mass is 16.2. The zero-order valence-electron chi connectivity index (χ0n) is 15.4. The molecule has 1 aliphatic heterocycles. The van der Waals surface area contributed by atoms with Gasteiger partial charge in [0, 0.05) is 44.1 Å². The predicted octanol–water partition coefficient (Wildman–Crippen LogP) is 2.10. The Kier molecular flexibility index (Phi) is 4.93. The van der Waals surface area contributed by atoms with Gasteiger partial charge in [0.05, 0.1) is 6.54 Å². The Morgan fingerprint density at radius 1 is 1.19 bits per heavy atom. The number of imidazole rings is 1. The molecule has 2 N–H and O–H groups in total. The number of amides is 2. The lowest BCUT2D eigenvalue weighted by atomic mass is 10.1. The number of carbonyl (C=O) groups is 1. The molecular formula is C20H27N5O. The number of H-pyrrole nitrogens is 1. The van der Waals surface area contributed by atoms with Gasteiger partial charge in [-0.15, -0.1) is 0 Å². The molecule has 138 valence electrons. The van der Waals surface area contributed by atoms with Crippen molar-refractivity contribution in [3.8, 4) is 0 Å². The van der Waals surface area contributed by atoms with E-state index < -0.39 is 0 Å². The number of nitrogens with zero attached hydrogens (tertiary/aromatic N) is 3. The lowest BCUT2D eigenvalue weighted by Crippen LogP contribution is -2.43. The van der Waals surface area contributed by atoms with Crippen molar-refractivity contribution in [3.63, 3.8) is 0 Å². The van der Waals surface area contributed by atoms with Crippen LogP contribution in [0.3, 0.4) is 0 Å². The number of nitrogens with one attached hydrogen (secondary N) is 2. The molecule has 1 aliphatic carbocycles. The van der Waals surface area contributed by atoms with Crippen molar-refractivity contribution in [1.29, 1.82) is 0 Å². The van der Waals surface area contributed by atoms with E-state index in [4.69, 9.17) is 0 Å². The second-order valence-electron chi connectivity index (χ2n) is 7.38. The lowest BCUT2D eigenvalue weighted by molar-refractivity contribution is 0.188. The fourth-order valence-electron chi connectivity index (χ4n) is 4.13. The first kappa shape index (κ1) is 17.1. The topological polar surface area (TPSA) is 64.3 Å². The van der Waals surface area contributed by atoms with Gasteiger partial charge in [-0.25, -0.2) is 9.78 Å². The van der Waals surface area contributed by atoms with Gasteiger partial charge in [-0.05, 0) is 37.3 Å². The van der Waals surface area contributed by atoms with Gasteiger partial charge in [-0.2, -0.15) is 0 Å². The quantitative estimate of drug-likeness (QED) is 0.888. The Hall–Kier alpha value is -2.34. The molecule has 1 saturated heterocycles. The van der Waals surface area contributed by atoms with Crippen LogP contribution in [0.4, 0.5) is 4.79 Å². The molecular weight excluding hydrogens is 326 g/mol. The number of carbonyl (C=O) groups excluding carboxylic acids is 1. The molecule has 0 radical (unpaired) electrons. The Labute approximate surface area is 154 Å². The van der Waals surface area contributed by atoms with Gasteiger partial charge in [0.25, 0.3) is 0 Å². The van der Waals surface area contributed by atoms with Gasteiger partial charge < -0.3 is 15.2 Å². The van der Waals surface area contributed by atoms with Crippen LogP contribution in [0.25, 0.3) is 0 Å². The Balaban J connectivity index is 1.29. The van der Waals surface area contributed by atoms with Crippen molar-refractivity contribution in [2.45, 2.75) is 38.8 Å². The number of benzene rings is 1. The number of aryl methyl sites for hydroxylation is 1. The molecule has 0 unspecified atom stereocenters. The molecule has 2 aromatic rings. The van der Waals surface area contributed by atoms with Crippen LogP contribution in [0.1, 0.15) is 29.1 Å². The van der Waals surface area contributed by atoms with Gasteiger partial charge in [0.15, 0.2) is 0 Å². The standard InChI is InChI=1S/C20H27N5O/c1-15-13-21-19(23-15)14-22-20(26)25-8-4-7-24(9-10-25)18-11-16-5-2-3-6-17(16)12-18/h2-3,5-6,13,18H,4,7-12,14H2,1H3,(H,21,23)(H,22,26). The van der Waals surface area contributed by atoms with E-state index in [2.05, 4.69) is 44.5 Å². The van der Waals surface area contributed by atoms with E-state index in [1.807, 2.05) is 11.8 Å². The van der Waals surface area contributed by atoms with Gasteiger partial charge in [0.1, 0.15) is 5.82 Å². The van der Waals surface area contributed by atoms with Crippen LogP contribution >= 0.6 is 0 Å². The average molecular weight is 353 g/mol. The van der Waals surface area contributed by atoms with Crippen LogP contribution < -0.4 is 5.32 Å². The van der Waals surface area contributed by atoms with Gasteiger partial charge >= 0.3 is 6.03 Å². The summed E-state index contributed by atoms with van der Waals surface area (Å²) in [5.41, 5.74) is 3.99. The summed E-state index contributed by atoms with van der Waals surface area (Å²) >= 11 is 0. The summed E-state index contributed by atoms with van der Waals surface area (Å²) in [6.07, 6.45) is 5.09. The largest absolute Gasteiger partial charge is 0.345 e. The zero-order valence-corrected chi connectivity index (χ0v) is 15.4. The molecule has 2 aliphatic rings. The molecule has 6 heteroatoms. The highest BCUT2D eigenvalue weighted by molar-refractivity contribution is 5.74. The maximum Gasteiger partial charge on any atom is 0.317 e. The summed E-state index contributed by atoms with van der Waals surface area (Å²) in [5.74, 6) is 0.802. The smallest absolute Gasteiger partial charge is 0.317 e. The monoisotopic (exact) mass is 353 g/mol. The molecule has 2 amide bonds. The molecule has 0 bridgehead atoms. The number of aromatic nitrogens is 2. The van der Waals surface area contributed by atoms with Crippen molar-refractivity contribution in [2.24, 2.45) is 0 Å². The van der Waals surface area contributed by atoms with E-state index in [0.717, 1.165) is 57.0 Å². The summed E-state index contributed by atoms with van der Waals surface area (Å²) in [6, 6.07) is 9.37. The highest BCUT2D eigenvalue weighted by Gasteiger charge is 2.28. The molecule has 4 rings (SSSR count). The van der Waals surface area contributed by atoms with Gasteiger partial charge in [0.2, 0.25) is 0 Å². The highest BCUT2D eigenvalue weighted by Crippen LogP contribution is 2.26. The van der Waals surface area contributed by atoms with E-state index in [9.17, 15) is 4.79 Å². The molecule has 0 saturated carbocycles. The van der Waals surface area contributed by atoms with E-state index in [1.54, 1.807) is 6.20 Å². The lowest BCUT2D eigenvalue weighted by Gasteiger charge is -2.27. The third-order valence-electron chi connectivity index (χ3n) is 5.53. The molecule has 26 heavy (non-hydrogen) atoms.